The predicted octanol–water partition coefficient (Wildman–Crippen LogP) is 1.22. The van der Waals surface area contributed by atoms with Gasteiger partial charge in [-0.1, -0.05) is 6.92 Å². The molecule has 0 amide bonds. The number of hydrogen-bond acceptors (Lipinski definition) is 3. The minimum Gasteiger partial charge on any atom is -0.466 e. The Balaban J connectivity index is 3.15. The van der Waals surface area contributed by atoms with E-state index >= 15 is 0 Å². The first-order chi connectivity index (χ1) is 5.31. The van der Waals surface area contributed by atoms with Crippen molar-refractivity contribution in [2.45, 2.75) is 32.6 Å². The van der Waals surface area contributed by atoms with Crippen LogP contribution in [0, 0.1) is 0 Å². The van der Waals surface area contributed by atoms with E-state index in [4.69, 9.17) is 4.74 Å². The molecule has 0 saturated heterocycles. The Labute approximate surface area is 66.7 Å². The van der Waals surface area contributed by atoms with E-state index in [1.54, 1.807) is 6.29 Å². The molecule has 0 atom stereocenters. The Bertz CT molecular complexity index is 121. The lowest BCUT2D eigenvalue weighted by atomic mass is 10.2. The van der Waals surface area contributed by atoms with Gasteiger partial charge in [0.25, 0.3) is 0 Å². The van der Waals surface area contributed by atoms with Gasteiger partial charge in [-0.15, -0.1) is 0 Å². The second kappa shape index (κ2) is 7.25. The van der Waals surface area contributed by atoms with Gasteiger partial charge in [-0.05, 0) is 12.8 Å². The molecular weight excluding hydrogens is 144 g/mol. The lowest BCUT2D eigenvalue weighted by Crippen LogP contribution is -2.04. The maximum absolute atomic E-state index is 10.7. The van der Waals surface area contributed by atoms with Gasteiger partial charge in [-0.3, -0.25) is 9.59 Å². The van der Waals surface area contributed by atoms with Crippen LogP contribution in [-0.4, -0.2) is 18.9 Å². The fraction of sp³-hybridized carbons (Fsp3) is 0.750. The van der Waals surface area contributed by atoms with Gasteiger partial charge in [-0.2, -0.15) is 0 Å². The Kier molecular flexibility index (Phi) is 6.68. The minimum atomic E-state index is -0.220. The normalized spacial score (nSPS) is 9.18. The summed E-state index contributed by atoms with van der Waals surface area (Å²) >= 11 is 0. The van der Waals surface area contributed by atoms with Gasteiger partial charge in [0.15, 0.2) is 6.29 Å². The van der Waals surface area contributed by atoms with Gasteiger partial charge >= 0.3 is 5.97 Å². The van der Waals surface area contributed by atoms with Crippen LogP contribution < -0.4 is 0 Å². The fourth-order valence-electron chi connectivity index (χ4n) is 0.593. The quantitative estimate of drug-likeness (QED) is 0.430. The van der Waals surface area contributed by atoms with Crippen molar-refractivity contribution in [2.75, 3.05) is 6.61 Å². The van der Waals surface area contributed by atoms with E-state index in [1.807, 2.05) is 6.92 Å². The summed E-state index contributed by atoms with van der Waals surface area (Å²) in [4.78, 5) is 20.4. The number of carbonyl (C=O) groups is 1. The Morgan fingerprint density at radius 3 is 2.82 bits per heavy atom. The molecule has 0 aromatic rings. The molecule has 0 saturated carbocycles. The van der Waals surface area contributed by atoms with Gasteiger partial charge in [-0.25, -0.2) is 0 Å². The lowest BCUT2D eigenvalue weighted by Gasteiger charge is -2.00. The largest absolute Gasteiger partial charge is 0.466 e. The van der Waals surface area contributed by atoms with E-state index < -0.39 is 0 Å². The number of unbranched alkanes of at least 4 members (excludes halogenated alkanes) is 1. The van der Waals surface area contributed by atoms with Crippen molar-refractivity contribution >= 4 is 12.3 Å². The summed E-state index contributed by atoms with van der Waals surface area (Å²) in [5.74, 6) is -0.220. The fourth-order valence-corrected chi connectivity index (χ4v) is 0.593. The van der Waals surface area contributed by atoms with Crippen molar-refractivity contribution in [3.05, 3.63) is 0 Å². The van der Waals surface area contributed by atoms with Crippen LogP contribution in [0.3, 0.4) is 0 Å². The number of ether oxygens (including phenoxy) is 1. The summed E-state index contributed by atoms with van der Waals surface area (Å²) < 4.78 is 4.77. The van der Waals surface area contributed by atoms with Gasteiger partial charge in [0.05, 0.1) is 6.61 Å². The zero-order valence-corrected chi connectivity index (χ0v) is 6.76. The maximum atomic E-state index is 10.7. The SMILES string of the molecule is CCCOC(=O)CCC[C]=O. The summed E-state index contributed by atoms with van der Waals surface area (Å²) in [5, 5.41) is 0. The highest BCUT2D eigenvalue weighted by atomic mass is 16.5. The van der Waals surface area contributed by atoms with Crippen LogP contribution >= 0.6 is 0 Å². The van der Waals surface area contributed by atoms with Crippen LogP contribution in [0.2, 0.25) is 0 Å². The summed E-state index contributed by atoms with van der Waals surface area (Å²) in [6, 6.07) is 0. The molecule has 0 aromatic heterocycles. The maximum Gasteiger partial charge on any atom is 0.305 e. The zero-order chi connectivity index (χ0) is 8.53. The molecule has 0 spiro atoms. The zero-order valence-electron chi connectivity index (χ0n) is 6.76. The number of rotatable bonds is 6. The molecule has 0 bridgehead atoms. The van der Waals surface area contributed by atoms with Crippen LogP contribution in [0.5, 0.6) is 0 Å². The Morgan fingerprint density at radius 1 is 1.55 bits per heavy atom. The molecule has 0 aliphatic rings. The van der Waals surface area contributed by atoms with Gasteiger partial charge < -0.3 is 4.74 Å². The first kappa shape index (κ1) is 10.1. The van der Waals surface area contributed by atoms with Crippen LogP contribution in [0.1, 0.15) is 32.6 Å². The van der Waals surface area contributed by atoms with Gasteiger partial charge in [0, 0.05) is 12.8 Å². The average molecular weight is 157 g/mol. The standard InChI is InChI=1S/C8H13O3/c1-2-7-11-8(10)5-3-4-6-9/h2-5,7H2,1H3. The van der Waals surface area contributed by atoms with Crippen molar-refractivity contribution in [2.24, 2.45) is 0 Å². The Hall–Kier alpha value is -0.860. The molecule has 3 nitrogen and oxygen atoms in total. The third-order valence-electron chi connectivity index (χ3n) is 1.13. The molecule has 3 heteroatoms. The van der Waals surface area contributed by atoms with Crippen molar-refractivity contribution in [3.63, 3.8) is 0 Å². The van der Waals surface area contributed by atoms with Crippen LogP contribution in [0.25, 0.3) is 0 Å². The van der Waals surface area contributed by atoms with Crippen LogP contribution in [0.15, 0.2) is 0 Å². The van der Waals surface area contributed by atoms with Gasteiger partial charge in [0.2, 0.25) is 0 Å². The van der Waals surface area contributed by atoms with E-state index in [0.29, 0.717) is 25.9 Å². The molecule has 0 heterocycles. The molecule has 1 radical (unpaired) electrons. The Morgan fingerprint density at radius 2 is 2.27 bits per heavy atom. The van der Waals surface area contributed by atoms with Crippen LogP contribution in [0.4, 0.5) is 0 Å². The molecule has 0 aromatic carbocycles. The first-order valence-corrected chi connectivity index (χ1v) is 3.82. The molecule has 0 unspecified atom stereocenters. The summed E-state index contributed by atoms with van der Waals surface area (Å²) in [6.45, 7) is 2.41. The highest BCUT2D eigenvalue weighted by Gasteiger charge is 2.00. The van der Waals surface area contributed by atoms with E-state index in [1.165, 1.54) is 0 Å². The summed E-state index contributed by atoms with van der Waals surface area (Å²) in [5.41, 5.74) is 0. The summed E-state index contributed by atoms with van der Waals surface area (Å²) in [7, 11) is 0. The van der Waals surface area contributed by atoms with Crippen molar-refractivity contribution in [1.82, 2.24) is 0 Å². The monoisotopic (exact) mass is 157 g/mol. The number of hydrogen-bond donors (Lipinski definition) is 0. The first-order valence-electron chi connectivity index (χ1n) is 3.82. The third kappa shape index (κ3) is 7.03. The van der Waals surface area contributed by atoms with E-state index in [0.717, 1.165) is 6.42 Å². The topological polar surface area (TPSA) is 43.4 Å². The molecule has 11 heavy (non-hydrogen) atoms. The van der Waals surface area contributed by atoms with E-state index in [-0.39, 0.29) is 5.97 Å². The highest BCUT2D eigenvalue weighted by Crippen LogP contribution is 1.95. The smallest absolute Gasteiger partial charge is 0.305 e. The van der Waals surface area contributed by atoms with Crippen LogP contribution in [-0.2, 0) is 14.3 Å². The third-order valence-corrected chi connectivity index (χ3v) is 1.13. The molecule has 0 N–H and O–H groups in total. The van der Waals surface area contributed by atoms with Gasteiger partial charge in [0.1, 0.15) is 0 Å². The minimum absolute atomic E-state index is 0.220. The second-order valence-corrected chi connectivity index (χ2v) is 2.22. The second-order valence-electron chi connectivity index (χ2n) is 2.22. The predicted molar refractivity (Wildman–Crippen MR) is 40.8 cm³/mol. The molecule has 0 rings (SSSR count). The van der Waals surface area contributed by atoms with Crippen molar-refractivity contribution in [3.8, 4) is 0 Å². The molecular formula is C8H13O3. The molecule has 63 valence electrons. The van der Waals surface area contributed by atoms with E-state index in [9.17, 15) is 9.59 Å². The number of carbonyl (C=O) groups excluding carboxylic acids is 2. The van der Waals surface area contributed by atoms with Crippen molar-refractivity contribution in [1.29, 1.82) is 0 Å². The molecule has 0 aliphatic heterocycles. The molecule has 0 fully saturated rings. The lowest BCUT2D eigenvalue weighted by molar-refractivity contribution is -0.143. The highest BCUT2D eigenvalue weighted by molar-refractivity contribution is 5.69. The van der Waals surface area contributed by atoms with E-state index in [2.05, 4.69) is 0 Å². The summed E-state index contributed by atoms with van der Waals surface area (Å²) in [6.07, 6.45) is 3.76. The van der Waals surface area contributed by atoms with Crippen molar-refractivity contribution < 1.29 is 14.3 Å². The average Bonchev–Trinajstić information content (AvgIpc) is 2.01. The molecule has 0 aliphatic carbocycles. The number of esters is 1.